The summed E-state index contributed by atoms with van der Waals surface area (Å²) in [6, 6.07) is 5.44. The van der Waals surface area contributed by atoms with Crippen molar-refractivity contribution >= 4 is 23.4 Å². The van der Waals surface area contributed by atoms with E-state index in [4.69, 9.17) is 22.1 Å². The molecule has 0 heterocycles. The molecule has 16 heavy (non-hydrogen) atoms. The van der Waals surface area contributed by atoms with E-state index in [2.05, 4.69) is 5.32 Å². The van der Waals surface area contributed by atoms with Crippen molar-refractivity contribution in [2.75, 3.05) is 17.7 Å². The number of nitrogens with one attached hydrogen (secondary N) is 1. The summed E-state index contributed by atoms with van der Waals surface area (Å²) in [6.07, 6.45) is 0.103. The van der Waals surface area contributed by atoms with Gasteiger partial charge in [-0.1, -0.05) is 0 Å². The fourth-order valence-corrected chi connectivity index (χ4v) is 1.42. The van der Waals surface area contributed by atoms with Gasteiger partial charge in [0, 0.05) is 18.1 Å². The van der Waals surface area contributed by atoms with Crippen LogP contribution in [0, 0.1) is 6.92 Å². The Kier molecular flexibility index (Phi) is 4.92. The van der Waals surface area contributed by atoms with Crippen LogP contribution in [0.15, 0.2) is 18.2 Å². The molecule has 5 heteroatoms. The van der Waals surface area contributed by atoms with Gasteiger partial charge < -0.3 is 15.8 Å². The number of nitrogens with two attached hydrogens (primary N) is 1. The predicted octanol–water partition coefficient (Wildman–Crippen LogP) is 2.49. The first-order valence-electron chi connectivity index (χ1n) is 5.01. The second-order valence-corrected chi connectivity index (χ2v) is 3.75. The molecule has 0 saturated heterocycles. The fourth-order valence-electron chi connectivity index (χ4n) is 1.28. The van der Waals surface area contributed by atoms with Crippen molar-refractivity contribution < 1.29 is 9.53 Å². The average molecular weight is 243 g/mol. The summed E-state index contributed by atoms with van der Waals surface area (Å²) in [5.74, 6) is 1.12. The molecular weight excluding hydrogens is 228 g/mol. The van der Waals surface area contributed by atoms with Crippen molar-refractivity contribution in [1.82, 2.24) is 0 Å². The van der Waals surface area contributed by atoms with Gasteiger partial charge in [-0.2, -0.15) is 0 Å². The van der Waals surface area contributed by atoms with Crippen molar-refractivity contribution in [2.24, 2.45) is 5.73 Å². The summed E-state index contributed by atoms with van der Waals surface area (Å²) < 4.78 is 4.82. The summed E-state index contributed by atoms with van der Waals surface area (Å²) in [7, 11) is 0. The number of rotatable bonds is 5. The largest absolute Gasteiger partial charge is 0.410 e. The smallest absolute Gasteiger partial charge is 0.409 e. The lowest BCUT2D eigenvalue weighted by Gasteiger charge is -2.09. The molecule has 0 bridgehead atoms. The Morgan fingerprint density at radius 3 is 2.88 bits per heavy atom. The molecule has 1 aromatic carbocycles. The first-order valence-corrected chi connectivity index (χ1v) is 5.54. The van der Waals surface area contributed by atoms with Crippen LogP contribution in [0.4, 0.5) is 10.5 Å². The number of primary amides is 1. The first-order chi connectivity index (χ1) is 7.63. The van der Waals surface area contributed by atoms with Gasteiger partial charge >= 0.3 is 6.09 Å². The topological polar surface area (TPSA) is 64.3 Å². The number of carbonyl (C=O) groups is 1. The minimum absolute atomic E-state index is 0.482. The van der Waals surface area contributed by atoms with Crippen molar-refractivity contribution in [2.45, 2.75) is 13.3 Å². The zero-order valence-corrected chi connectivity index (χ0v) is 9.88. The van der Waals surface area contributed by atoms with E-state index in [-0.39, 0.29) is 0 Å². The second-order valence-electron chi connectivity index (χ2n) is 3.37. The van der Waals surface area contributed by atoms with Gasteiger partial charge in [0.05, 0.1) is 0 Å². The maximum Gasteiger partial charge on any atom is 0.409 e. The molecule has 1 amide bonds. The number of halogens is 1. The van der Waals surface area contributed by atoms with Crippen LogP contribution in [0.3, 0.4) is 0 Å². The number of benzene rings is 1. The van der Waals surface area contributed by atoms with Gasteiger partial charge in [-0.05, 0) is 37.1 Å². The van der Waals surface area contributed by atoms with Crippen LogP contribution in [0.25, 0.3) is 0 Å². The molecule has 0 aliphatic rings. The molecule has 0 saturated carbocycles. The Hall–Kier alpha value is -1.42. The summed E-state index contributed by atoms with van der Waals surface area (Å²) in [6.45, 7) is 2.67. The van der Waals surface area contributed by atoms with Crippen molar-refractivity contribution in [3.63, 3.8) is 0 Å². The Labute approximate surface area is 99.7 Å². The van der Waals surface area contributed by atoms with E-state index in [1.807, 2.05) is 19.1 Å². The standard InChI is InChI=1S/C11H15ClN2O2/c1-8-7-9(14-6-2-5-12)3-4-10(8)16-11(13)15/h3-4,7,14H,2,5-6H2,1H3,(H2,13,15). The van der Waals surface area contributed by atoms with Crippen molar-refractivity contribution in [3.8, 4) is 5.75 Å². The lowest BCUT2D eigenvalue weighted by Crippen LogP contribution is -2.16. The van der Waals surface area contributed by atoms with Crippen LogP contribution in [0.2, 0.25) is 0 Å². The molecule has 0 unspecified atom stereocenters. The van der Waals surface area contributed by atoms with Crippen LogP contribution in [-0.4, -0.2) is 18.5 Å². The Bertz CT molecular complexity index is 369. The zero-order chi connectivity index (χ0) is 12.0. The summed E-state index contributed by atoms with van der Waals surface area (Å²) in [4.78, 5) is 10.6. The molecule has 88 valence electrons. The minimum Gasteiger partial charge on any atom is -0.410 e. The predicted molar refractivity (Wildman–Crippen MR) is 65.2 cm³/mol. The first kappa shape index (κ1) is 12.6. The van der Waals surface area contributed by atoms with Gasteiger partial charge in [-0.25, -0.2) is 4.79 Å². The highest BCUT2D eigenvalue weighted by molar-refractivity contribution is 6.17. The normalized spacial score (nSPS) is 9.88. The molecule has 0 fully saturated rings. The number of anilines is 1. The highest BCUT2D eigenvalue weighted by atomic mass is 35.5. The molecule has 0 aliphatic carbocycles. The van der Waals surface area contributed by atoms with Crippen LogP contribution in [0.5, 0.6) is 5.75 Å². The quantitative estimate of drug-likeness (QED) is 0.616. The van der Waals surface area contributed by atoms with Crippen LogP contribution < -0.4 is 15.8 Å². The van der Waals surface area contributed by atoms with E-state index < -0.39 is 6.09 Å². The van der Waals surface area contributed by atoms with Gasteiger partial charge in [0.1, 0.15) is 5.75 Å². The third-order valence-electron chi connectivity index (χ3n) is 2.03. The SMILES string of the molecule is Cc1cc(NCCCCl)ccc1OC(N)=O. The Balaban J connectivity index is 2.63. The van der Waals surface area contributed by atoms with Crippen molar-refractivity contribution in [1.29, 1.82) is 0 Å². The lowest BCUT2D eigenvalue weighted by molar-refractivity contribution is 0.210. The van der Waals surface area contributed by atoms with E-state index in [0.717, 1.165) is 24.2 Å². The third kappa shape index (κ3) is 3.98. The van der Waals surface area contributed by atoms with Gasteiger partial charge in [-0.3, -0.25) is 0 Å². The molecule has 0 atom stereocenters. The molecule has 0 aliphatic heterocycles. The number of hydrogen-bond donors (Lipinski definition) is 2. The maximum atomic E-state index is 10.6. The molecule has 0 spiro atoms. The van der Waals surface area contributed by atoms with Crippen LogP contribution >= 0.6 is 11.6 Å². The number of alkyl halides is 1. The van der Waals surface area contributed by atoms with Gasteiger partial charge in [0.25, 0.3) is 0 Å². The number of ether oxygens (including phenoxy) is 1. The van der Waals surface area contributed by atoms with E-state index in [9.17, 15) is 4.79 Å². The molecule has 3 N–H and O–H groups in total. The molecule has 4 nitrogen and oxygen atoms in total. The molecular formula is C11H15ClN2O2. The molecule has 1 aromatic rings. The van der Waals surface area contributed by atoms with Gasteiger partial charge in [0.2, 0.25) is 0 Å². The minimum atomic E-state index is -0.800. The summed E-state index contributed by atoms with van der Waals surface area (Å²) >= 11 is 5.57. The van der Waals surface area contributed by atoms with Gasteiger partial charge in [0.15, 0.2) is 0 Å². The van der Waals surface area contributed by atoms with Gasteiger partial charge in [-0.15, -0.1) is 11.6 Å². The second kappa shape index (κ2) is 6.23. The molecule has 0 radical (unpaired) electrons. The van der Waals surface area contributed by atoms with E-state index in [1.54, 1.807) is 6.07 Å². The summed E-state index contributed by atoms with van der Waals surface area (Å²) in [5.41, 5.74) is 6.77. The van der Waals surface area contributed by atoms with E-state index >= 15 is 0 Å². The molecule has 1 rings (SSSR count). The maximum absolute atomic E-state index is 10.6. The number of carbonyl (C=O) groups excluding carboxylic acids is 1. The highest BCUT2D eigenvalue weighted by Gasteiger charge is 2.03. The number of amides is 1. The van der Waals surface area contributed by atoms with E-state index in [1.165, 1.54) is 0 Å². The number of hydrogen-bond acceptors (Lipinski definition) is 3. The lowest BCUT2D eigenvalue weighted by atomic mass is 10.2. The van der Waals surface area contributed by atoms with Crippen molar-refractivity contribution in [3.05, 3.63) is 23.8 Å². The zero-order valence-electron chi connectivity index (χ0n) is 9.13. The monoisotopic (exact) mass is 242 g/mol. The number of aryl methyl sites for hydroxylation is 1. The highest BCUT2D eigenvalue weighted by Crippen LogP contribution is 2.21. The van der Waals surface area contributed by atoms with Crippen LogP contribution in [0.1, 0.15) is 12.0 Å². The Morgan fingerprint density at radius 1 is 1.56 bits per heavy atom. The molecule has 0 aromatic heterocycles. The Morgan fingerprint density at radius 2 is 2.31 bits per heavy atom. The summed E-state index contributed by atoms with van der Waals surface area (Å²) in [5, 5.41) is 3.21. The fraction of sp³-hybridized carbons (Fsp3) is 0.364. The third-order valence-corrected chi connectivity index (χ3v) is 2.29. The average Bonchev–Trinajstić information content (AvgIpc) is 2.22. The van der Waals surface area contributed by atoms with E-state index in [0.29, 0.717) is 11.6 Å². The van der Waals surface area contributed by atoms with Crippen LogP contribution in [-0.2, 0) is 0 Å².